The molecule has 0 saturated heterocycles. The van der Waals surface area contributed by atoms with Crippen LogP contribution < -0.4 is 0 Å². The van der Waals surface area contributed by atoms with Crippen LogP contribution in [0.3, 0.4) is 0 Å². The molecule has 0 saturated carbocycles. The minimum Gasteiger partial charge on any atom is -0.392 e. The van der Waals surface area contributed by atoms with Crippen molar-refractivity contribution in [2.24, 2.45) is 0 Å². The zero-order valence-corrected chi connectivity index (χ0v) is 35.8. The molecular formula is C61H45N3O. The number of aromatic nitrogens is 3. The van der Waals surface area contributed by atoms with Crippen LogP contribution in [0.4, 0.5) is 0 Å². The first kappa shape index (κ1) is 39.7. The predicted molar refractivity (Wildman–Crippen MR) is 269 cm³/mol. The van der Waals surface area contributed by atoms with Crippen LogP contribution >= 0.6 is 0 Å². The van der Waals surface area contributed by atoms with E-state index >= 15 is 0 Å². The van der Waals surface area contributed by atoms with E-state index in [-0.39, 0.29) is 6.61 Å². The van der Waals surface area contributed by atoms with Gasteiger partial charge in [-0.2, -0.15) is 0 Å². The highest BCUT2D eigenvalue weighted by atomic mass is 16.3. The number of fused-ring (bicyclic) bond motifs is 2. The maximum Gasteiger partial charge on any atom is 0.160 e. The monoisotopic (exact) mass is 835 g/mol. The number of aryl methyl sites for hydroxylation is 2. The molecule has 2 heterocycles. The van der Waals surface area contributed by atoms with Crippen molar-refractivity contribution in [2.75, 3.05) is 0 Å². The molecular weight excluding hydrogens is 791 g/mol. The predicted octanol–water partition coefficient (Wildman–Crippen LogP) is 14.9. The Labute approximate surface area is 379 Å². The van der Waals surface area contributed by atoms with Gasteiger partial charge in [0.1, 0.15) is 0 Å². The van der Waals surface area contributed by atoms with Gasteiger partial charge >= 0.3 is 0 Å². The van der Waals surface area contributed by atoms with Gasteiger partial charge in [-0.3, -0.25) is 0 Å². The van der Waals surface area contributed by atoms with Crippen LogP contribution in [0.5, 0.6) is 0 Å². The van der Waals surface area contributed by atoms with Gasteiger partial charge in [0, 0.05) is 38.9 Å². The van der Waals surface area contributed by atoms with Crippen LogP contribution in [-0.2, 0) is 19.4 Å². The summed E-state index contributed by atoms with van der Waals surface area (Å²) in [6.07, 6.45) is 1.77. The highest BCUT2D eigenvalue weighted by Gasteiger charge is 2.24. The molecule has 0 aliphatic rings. The molecule has 0 unspecified atom stereocenters. The van der Waals surface area contributed by atoms with E-state index in [0.29, 0.717) is 5.82 Å². The fourth-order valence-corrected chi connectivity index (χ4v) is 9.29. The van der Waals surface area contributed by atoms with Gasteiger partial charge < -0.3 is 9.67 Å². The summed E-state index contributed by atoms with van der Waals surface area (Å²) in [4.78, 5) is 10.3. The Kier molecular flexibility index (Phi) is 10.7. The summed E-state index contributed by atoms with van der Waals surface area (Å²) in [5.41, 5.74) is 17.1. The Morgan fingerprint density at radius 2 is 0.954 bits per heavy atom. The third kappa shape index (κ3) is 7.82. The lowest BCUT2D eigenvalue weighted by molar-refractivity contribution is 0.282. The van der Waals surface area contributed by atoms with Crippen molar-refractivity contribution in [3.63, 3.8) is 0 Å². The van der Waals surface area contributed by atoms with Gasteiger partial charge in [0.05, 0.1) is 29.2 Å². The number of rotatable bonds is 11. The van der Waals surface area contributed by atoms with Crippen LogP contribution in [0, 0.1) is 0 Å². The first-order valence-corrected chi connectivity index (χ1v) is 22.3. The zero-order valence-electron chi connectivity index (χ0n) is 35.8. The highest BCUT2D eigenvalue weighted by molar-refractivity contribution is 6.06. The van der Waals surface area contributed by atoms with Crippen molar-refractivity contribution in [2.45, 2.75) is 19.4 Å². The van der Waals surface area contributed by atoms with Crippen LogP contribution in [0.1, 0.15) is 16.7 Å². The van der Waals surface area contributed by atoms with Gasteiger partial charge in [-0.05, 0) is 81.3 Å². The minimum atomic E-state index is -0.0590. The number of hydrogen-bond donors (Lipinski definition) is 1. The van der Waals surface area contributed by atoms with Crippen LogP contribution in [0.2, 0.25) is 0 Å². The van der Waals surface area contributed by atoms with Gasteiger partial charge in [0.25, 0.3) is 0 Å². The molecule has 0 fully saturated rings. The van der Waals surface area contributed by atoms with E-state index in [0.717, 1.165) is 85.5 Å². The van der Waals surface area contributed by atoms with E-state index < -0.39 is 0 Å². The number of hydrogen-bond acceptors (Lipinski definition) is 3. The van der Waals surface area contributed by atoms with Gasteiger partial charge in [0.15, 0.2) is 5.82 Å². The lowest BCUT2D eigenvalue weighted by atomic mass is 9.91. The molecule has 11 aromatic rings. The fraction of sp³-hybridized carbons (Fsp3) is 0.0492. The van der Waals surface area contributed by atoms with E-state index in [4.69, 9.17) is 9.97 Å². The van der Waals surface area contributed by atoms with Crippen molar-refractivity contribution >= 4 is 21.7 Å². The van der Waals surface area contributed by atoms with Crippen molar-refractivity contribution < 1.29 is 5.11 Å². The lowest BCUT2D eigenvalue weighted by Crippen LogP contribution is -2.02. The van der Waals surface area contributed by atoms with E-state index in [9.17, 15) is 5.11 Å². The molecule has 1 N–H and O–H groups in total. The molecule has 0 atom stereocenters. The SMILES string of the molecule is OCc1ccccc1-c1c(-c2ccccc2CCc2ccc3ccccc3c2)n(-c2ccc(-c3cc(-c4ccc(-c5ccccc5)cc4)nc(-c4ccccc4)n3)cc2)c2ccccc12. The first-order valence-electron chi connectivity index (χ1n) is 22.3. The van der Waals surface area contributed by atoms with Crippen molar-refractivity contribution in [3.8, 4) is 73.1 Å². The smallest absolute Gasteiger partial charge is 0.160 e. The molecule has 310 valence electrons. The van der Waals surface area contributed by atoms with E-state index in [1.165, 1.54) is 33.0 Å². The lowest BCUT2D eigenvalue weighted by Gasteiger charge is -2.18. The van der Waals surface area contributed by atoms with Crippen molar-refractivity contribution in [3.05, 3.63) is 247 Å². The first-order chi connectivity index (χ1) is 32.2. The average molecular weight is 836 g/mol. The van der Waals surface area contributed by atoms with Crippen LogP contribution in [-0.4, -0.2) is 19.6 Å². The standard InChI is InChI=1S/C61H45N3O/c65-41-51-22-10-11-23-53(51)59-55-25-13-14-26-58(55)64(60(59)54-24-12-9-18-46(54)30-28-42-27-29-44-17-7-8-21-50(44)39-42)52-37-35-48(36-38-52)57-40-56(62-61(63-57)49-19-5-2-6-20-49)47-33-31-45(32-34-47)43-15-3-1-4-16-43/h1-27,29,31-40,65H,28,30,41H2. The number of para-hydroxylation sites is 1. The summed E-state index contributed by atoms with van der Waals surface area (Å²) in [7, 11) is 0. The number of benzene rings is 9. The summed E-state index contributed by atoms with van der Waals surface area (Å²) in [6.45, 7) is -0.0590. The molecule has 0 bridgehead atoms. The number of aliphatic hydroxyl groups excluding tert-OH is 1. The molecule has 0 aliphatic carbocycles. The summed E-state index contributed by atoms with van der Waals surface area (Å²) in [6, 6.07) is 81.3. The topological polar surface area (TPSA) is 50.9 Å². The molecule has 0 radical (unpaired) electrons. The zero-order chi connectivity index (χ0) is 43.5. The Morgan fingerprint density at radius 3 is 1.68 bits per heavy atom. The van der Waals surface area contributed by atoms with E-state index in [1.54, 1.807) is 0 Å². The van der Waals surface area contributed by atoms with Crippen LogP contribution in [0.15, 0.2) is 231 Å². The third-order valence-electron chi connectivity index (χ3n) is 12.6. The summed E-state index contributed by atoms with van der Waals surface area (Å²) in [5, 5.41) is 14.4. The maximum atomic E-state index is 10.7. The Balaban J connectivity index is 1.04. The molecule has 11 rings (SSSR count). The molecule has 4 heteroatoms. The Morgan fingerprint density at radius 1 is 0.400 bits per heavy atom. The summed E-state index contributed by atoms with van der Waals surface area (Å²) in [5.74, 6) is 0.681. The quantitative estimate of drug-likeness (QED) is 0.141. The molecule has 9 aromatic carbocycles. The van der Waals surface area contributed by atoms with Gasteiger partial charge in [-0.15, -0.1) is 0 Å². The summed E-state index contributed by atoms with van der Waals surface area (Å²) < 4.78 is 2.41. The second-order valence-electron chi connectivity index (χ2n) is 16.5. The average Bonchev–Trinajstić information content (AvgIpc) is 3.73. The third-order valence-corrected chi connectivity index (χ3v) is 12.6. The number of aliphatic hydroxyl groups is 1. The Bertz CT molecular complexity index is 3450. The van der Waals surface area contributed by atoms with E-state index in [2.05, 4.69) is 199 Å². The number of nitrogens with zero attached hydrogens (tertiary/aromatic N) is 3. The van der Waals surface area contributed by atoms with Gasteiger partial charge in [-0.1, -0.05) is 206 Å². The second-order valence-corrected chi connectivity index (χ2v) is 16.5. The maximum absolute atomic E-state index is 10.7. The van der Waals surface area contributed by atoms with E-state index in [1.807, 2.05) is 36.4 Å². The molecule has 0 aliphatic heterocycles. The van der Waals surface area contributed by atoms with Crippen LogP contribution in [0.25, 0.3) is 94.8 Å². The molecule has 0 spiro atoms. The molecule has 65 heavy (non-hydrogen) atoms. The van der Waals surface area contributed by atoms with Crippen molar-refractivity contribution in [1.29, 1.82) is 0 Å². The van der Waals surface area contributed by atoms with Gasteiger partial charge in [0.2, 0.25) is 0 Å². The largest absolute Gasteiger partial charge is 0.392 e. The normalized spacial score (nSPS) is 11.3. The molecule has 0 amide bonds. The second kappa shape index (κ2) is 17.5. The minimum absolute atomic E-state index is 0.0590. The fourth-order valence-electron chi connectivity index (χ4n) is 9.29. The Hall–Kier alpha value is -8.18. The highest BCUT2D eigenvalue weighted by Crippen LogP contribution is 2.45. The van der Waals surface area contributed by atoms with Gasteiger partial charge in [-0.25, -0.2) is 9.97 Å². The molecule has 2 aromatic heterocycles. The molecule has 4 nitrogen and oxygen atoms in total. The van der Waals surface area contributed by atoms with Crippen molar-refractivity contribution in [1.82, 2.24) is 14.5 Å². The summed E-state index contributed by atoms with van der Waals surface area (Å²) >= 11 is 0.